The number of benzene rings is 2. The lowest BCUT2D eigenvalue weighted by molar-refractivity contribution is -0.385. The second-order valence-electron chi connectivity index (χ2n) is 6.81. The van der Waals surface area contributed by atoms with Crippen LogP contribution in [0.3, 0.4) is 0 Å². The van der Waals surface area contributed by atoms with E-state index in [1.165, 1.54) is 18.2 Å². The molecule has 0 saturated heterocycles. The number of rotatable bonds is 4. The van der Waals surface area contributed by atoms with Crippen molar-refractivity contribution < 1.29 is 9.72 Å². The van der Waals surface area contributed by atoms with Crippen LogP contribution in [0.2, 0.25) is 0 Å². The van der Waals surface area contributed by atoms with Gasteiger partial charge in [-0.05, 0) is 43.7 Å². The molecular weight excluding hydrogens is 368 g/mol. The van der Waals surface area contributed by atoms with Crippen molar-refractivity contribution in [2.45, 2.75) is 13.8 Å². The van der Waals surface area contributed by atoms with Crippen LogP contribution in [0.25, 0.3) is 16.9 Å². The molecule has 0 radical (unpaired) electrons. The number of imidazole rings is 1. The van der Waals surface area contributed by atoms with Crippen molar-refractivity contribution in [2.24, 2.45) is 0 Å². The molecule has 0 atom stereocenters. The number of hydrogen-bond acceptors (Lipinski definition) is 4. The molecule has 2 heterocycles. The van der Waals surface area contributed by atoms with Gasteiger partial charge in [-0.15, -0.1) is 0 Å². The number of aromatic nitrogens is 2. The van der Waals surface area contributed by atoms with E-state index in [1.54, 1.807) is 6.92 Å². The van der Waals surface area contributed by atoms with Crippen LogP contribution in [0, 0.1) is 24.0 Å². The predicted molar refractivity (Wildman–Crippen MR) is 111 cm³/mol. The first-order valence-corrected chi connectivity index (χ1v) is 9.04. The number of pyridine rings is 1. The van der Waals surface area contributed by atoms with Crippen molar-refractivity contribution in [2.75, 3.05) is 5.32 Å². The van der Waals surface area contributed by atoms with Gasteiger partial charge in [0.05, 0.1) is 16.3 Å². The van der Waals surface area contributed by atoms with E-state index >= 15 is 0 Å². The number of fused-ring (bicyclic) bond motifs is 1. The summed E-state index contributed by atoms with van der Waals surface area (Å²) in [5, 5.41) is 13.9. The zero-order chi connectivity index (χ0) is 20.5. The van der Waals surface area contributed by atoms with Gasteiger partial charge in [-0.1, -0.05) is 24.3 Å². The quantitative estimate of drug-likeness (QED) is 0.404. The van der Waals surface area contributed by atoms with Crippen LogP contribution in [-0.4, -0.2) is 20.2 Å². The number of carbonyl (C=O) groups is 1. The number of nitrogens with zero attached hydrogens (tertiary/aromatic N) is 3. The largest absolute Gasteiger partial charge is 0.321 e. The first-order chi connectivity index (χ1) is 13.9. The Morgan fingerprint density at radius 1 is 1.07 bits per heavy atom. The summed E-state index contributed by atoms with van der Waals surface area (Å²) < 4.78 is 1.95. The van der Waals surface area contributed by atoms with Crippen LogP contribution in [-0.2, 0) is 0 Å². The molecule has 7 nitrogen and oxygen atoms in total. The average Bonchev–Trinajstić information content (AvgIpc) is 3.13. The Morgan fingerprint density at radius 3 is 2.59 bits per heavy atom. The van der Waals surface area contributed by atoms with Gasteiger partial charge in [0.1, 0.15) is 5.65 Å². The van der Waals surface area contributed by atoms with E-state index in [4.69, 9.17) is 4.98 Å². The van der Waals surface area contributed by atoms with Crippen molar-refractivity contribution in [3.05, 3.63) is 93.8 Å². The van der Waals surface area contributed by atoms with Gasteiger partial charge in [-0.3, -0.25) is 14.9 Å². The molecule has 0 aliphatic carbocycles. The third-order valence-electron chi connectivity index (χ3n) is 4.78. The number of para-hydroxylation sites is 1. The molecule has 29 heavy (non-hydrogen) atoms. The highest BCUT2D eigenvalue weighted by Gasteiger charge is 2.16. The monoisotopic (exact) mass is 386 g/mol. The highest BCUT2D eigenvalue weighted by molar-refractivity contribution is 6.06. The number of carbonyl (C=O) groups excluding carboxylic acids is 1. The van der Waals surface area contributed by atoms with E-state index in [9.17, 15) is 14.9 Å². The number of hydrogen-bond donors (Lipinski definition) is 1. The molecule has 2 aromatic heterocycles. The van der Waals surface area contributed by atoms with Crippen LogP contribution >= 0.6 is 0 Å². The van der Waals surface area contributed by atoms with Gasteiger partial charge in [-0.25, -0.2) is 4.98 Å². The van der Waals surface area contributed by atoms with E-state index in [-0.39, 0.29) is 11.6 Å². The van der Waals surface area contributed by atoms with Gasteiger partial charge in [-0.2, -0.15) is 0 Å². The van der Waals surface area contributed by atoms with Crippen molar-refractivity contribution in [3.63, 3.8) is 0 Å². The molecular formula is C22H18N4O3. The Labute approximate surface area is 166 Å². The van der Waals surface area contributed by atoms with Gasteiger partial charge >= 0.3 is 0 Å². The molecule has 2 aromatic carbocycles. The van der Waals surface area contributed by atoms with Crippen molar-refractivity contribution >= 4 is 22.9 Å². The van der Waals surface area contributed by atoms with Crippen molar-refractivity contribution in [1.82, 2.24) is 9.38 Å². The lowest BCUT2D eigenvalue weighted by Crippen LogP contribution is -2.13. The Balaban J connectivity index is 1.68. The first kappa shape index (κ1) is 18.4. The summed E-state index contributed by atoms with van der Waals surface area (Å²) in [6, 6.07) is 15.7. The van der Waals surface area contributed by atoms with Crippen LogP contribution in [0.15, 0.2) is 67.0 Å². The number of amides is 1. The van der Waals surface area contributed by atoms with E-state index in [0.29, 0.717) is 16.8 Å². The fraction of sp³-hybridized carbons (Fsp3) is 0.0909. The van der Waals surface area contributed by atoms with E-state index < -0.39 is 4.92 Å². The Hall–Kier alpha value is -4.00. The normalized spacial score (nSPS) is 10.8. The summed E-state index contributed by atoms with van der Waals surface area (Å²) in [5.74, 6) is -0.338. The maximum absolute atomic E-state index is 12.8. The second-order valence-corrected chi connectivity index (χ2v) is 6.81. The minimum atomic E-state index is -0.461. The lowest BCUT2D eigenvalue weighted by atomic mass is 10.1. The highest BCUT2D eigenvalue weighted by Crippen LogP contribution is 2.29. The average molecular weight is 386 g/mol. The van der Waals surface area contributed by atoms with Gasteiger partial charge < -0.3 is 9.72 Å². The fourth-order valence-corrected chi connectivity index (χ4v) is 3.29. The molecule has 4 rings (SSSR count). The summed E-state index contributed by atoms with van der Waals surface area (Å²) in [7, 11) is 0. The Bertz CT molecular complexity index is 1260. The number of anilines is 1. The van der Waals surface area contributed by atoms with Crippen LogP contribution in [0.1, 0.15) is 21.5 Å². The third-order valence-corrected chi connectivity index (χ3v) is 4.78. The predicted octanol–water partition coefficient (Wildman–Crippen LogP) is 4.78. The standard InChI is InChI=1S/C22H18N4O3/c1-14-6-5-11-25-13-19(23-21(14)25)17-7-3-4-8-18(17)24-22(27)16-9-10-20(26(28)29)15(2)12-16/h3-13H,1-2H3,(H,24,27). The van der Waals surface area contributed by atoms with Gasteiger partial charge in [0, 0.05) is 35.2 Å². The highest BCUT2D eigenvalue weighted by atomic mass is 16.6. The summed E-state index contributed by atoms with van der Waals surface area (Å²) in [6.45, 7) is 3.61. The smallest absolute Gasteiger partial charge is 0.272 e. The SMILES string of the molecule is Cc1cc(C(=O)Nc2ccccc2-c2cn3cccc(C)c3n2)ccc1[N+](=O)[O-]. The number of nitro benzene ring substituents is 1. The zero-order valence-corrected chi connectivity index (χ0v) is 15.9. The lowest BCUT2D eigenvalue weighted by Gasteiger charge is -2.10. The molecule has 144 valence electrons. The Kier molecular flexibility index (Phi) is 4.56. The summed E-state index contributed by atoms with van der Waals surface area (Å²) in [6.07, 6.45) is 3.85. The van der Waals surface area contributed by atoms with E-state index in [1.807, 2.05) is 60.1 Å². The summed E-state index contributed by atoms with van der Waals surface area (Å²) in [5.41, 5.74) is 4.85. The third kappa shape index (κ3) is 3.45. The zero-order valence-electron chi connectivity index (χ0n) is 15.9. The first-order valence-electron chi connectivity index (χ1n) is 9.04. The van der Waals surface area contributed by atoms with Crippen LogP contribution < -0.4 is 5.32 Å². The summed E-state index contributed by atoms with van der Waals surface area (Å²) >= 11 is 0. The molecule has 7 heteroatoms. The van der Waals surface area contributed by atoms with E-state index in [2.05, 4.69) is 5.32 Å². The van der Waals surface area contributed by atoms with Crippen molar-refractivity contribution in [3.8, 4) is 11.3 Å². The molecule has 1 N–H and O–H groups in total. The molecule has 0 spiro atoms. The fourth-order valence-electron chi connectivity index (χ4n) is 3.29. The molecule has 1 amide bonds. The van der Waals surface area contributed by atoms with E-state index in [0.717, 1.165) is 22.5 Å². The number of nitro groups is 1. The minimum absolute atomic E-state index is 0.0120. The summed E-state index contributed by atoms with van der Waals surface area (Å²) in [4.78, 5) is 28.0. The second kappa shape index (κ2) is 7.20. The van der Waals surface area contributed by atoms with Crippen LogP contribution in [0.5, 0.6) is 0 Å². The maximum atomic E-state index is 12.8. The van der Waals surface area contributed by atoms with Gasteiger partial charge in [0.2, 0.25) is 0 Å². The molecule has 0 aliphatic heterocycles. The maximum Gasteiger partial charge on any atom is 0.272 e. The molecule has 0 unspecified atom stereocenters. The molecule has 0 saturated carbocycles. The topological polar surface area (TPSA) is 89.5 Å². The van der Waals surface area contributed by atoms with Crippen molar-refractivity contribution in [1.29, 1.82) is 0 Å². The minimum Gasteiger partial charge on any atom is -0.321 e. The van der Waals surface area contributed by atoms with Crippen LogP contribution in [0.4, 0.5) is 11.4 Å². The molecule has 0 aliphatic rings. The van der Waals surface area contributed by atoms with Gasteiger partial charge in [0.25, 0.3) is 11.6 Å². The molecule has 0 bridgehead atoms. The Morgan fingerprint density at radius 2 is 1.86 bits per heavy atom. The molecule has 0 fully saturated rings. The number of aryl methyl sites for hydroxylation is 2. The number of nitrogens with one attached hydrogen (secondary N) is 1. The van der Waals surface area contributed by atoms with Gasteiger partial charge in [0.15, 0.2) is 0 Å². The molecule has 4 aromatic rings.